The third kappa shape index (κ3) is 1.85. The zero-order valence-corrected chi connectivity index (χ0v) is 10.8. The standard InChI is InChI=1S/C11H16BrNO2/c1-6-7(2)15-8(3)10(6)11-9(4-12)13-5-14-11/h5-8,10H,4H2,1-3H3. The highest BCUT2D eigenvalue weighted by Crippen LogP contribution is 2.41. The molecule has 1 aliphatic rings. The molecule has 4 unspecified atom stereocenters. The number of alkyl halides is 1. The van der Waals surface area contributed by atoms with Gasteiger partial charge in [-0.2, -0.15) is 0 Å². The Morgan fingerprint density at radius 3 is 2.60 bits per heavy atom. The van der Waals surface area contributed by atoms with E-state index in [1.807, 2.05) is 0 Å². The molecule has 0 saturated carbocycles. The van der Waals surface area contributed by atoms with Crippen LogP contribution in [0, 0.1) is 5.92 Å². The molecule has 84 valence electrons. The number of hydrogen-bond acceptors (Lipinski definition) is 3. The summed E-state index contributed by atoms with van der Waals surface area (Å²) in [5.74, 6) is 1.79. The first-order valence-electron chi connectivity index (χ1n) is 5.28. The Balaban J connectivity index is 2.30. The summed E-state index contributed by atoms with van der Waals surface area (Å²) in [6, 6.07) is 0. The first-order valence-corrected chi connectivity index (χ1v) is 6.41. The third-order valence-corrected chi connectivity index (χ3v) is 3.88. The molecule has 0 N–H and O–H groups in total. The van der Waals surface area contributed by atoms with Gasteiger partial charge in [-0.25, -0.2) is 4.98 Å². The minimum Gasteiger partial charge on any atom is -0.448 e. The van der Waals surface area contributed by atoms with Crippen molar-refractivity contribution >= 4 is 15.9 Å². The van der Waals surface area contributed by atoms with Crippen LogP contribution in [-0.4, -0.2) is 17.2 Å². The molecule has 0 bridgehead atoms. The van der Waals surface area contributed by atoms with Gasteiger partial charge in [0.25, 0.3) is 0 Å². The first kappa shape index (κ1) is 11.1. The van der Waals surface area contributed by atoms with E-state index in [0.29, 0.717) is 17.9 Å². The largest absolute Gasteiger partial charge is 0.448 e. The van der Waals surface area contributed by atoms with E-state index in [1.165, 1.54) is 6.39 Å². The van der Waals surface area contributed by atoms with E-state index in [-0.39, 0.29) is 6.10 Å². The fraction of sp³-hybridized carbons (Fsp3) is 0.727. The Labute approximate surface area is 98.3 Å². The second-order valence-electron chi connectivity index (χ2n) is 4.23. The molecule has 4 heteroatoms. The van der Waals surface area contributed by atoms with Crippen LogP contribution in [0.4, 0.5) is 0 Å². The van der Waals surface area contributed by atoms with Gasteiger partial charge in [-0.3, -0.25) is 0 Å². The van der Waals surface area contributed by atoms with Crippen LogP contribution in [0.1, 0.15) is 38.1 Å². The Morgan fingerprint density at radius 1 is 1.33 bits per heavy atom. The van der Waals surface area contributed by atoms with E-state index in [2.05, 4.69) is 41.7 Å². The molecule has 1 fully saturated rings. The van der Waals surface area contributed by atoms with Crippen molar-refractivity contribution in [2.75, 3.05) is 0 Å². The normalized spacial score (nSPS) is 36.0. The first-order chi connectivity index (χ1) is 7.15. The van der Waals surface area contributed by atoms with E-state index >= 15 is 0 Å². The molecule has 1 aromatic rings. The van der Waals surface area contributed by atoms with Gasteiger partial charge in [-0.05, 0) is 19.8 Å². The predicted molar refractivity (Wildman–Crippen MR) is 61.0 cm³/mol. The fourth-order valence-corrected chi connectivity index (χ4v) is 2.79. The Kier molecular flexibility index (Phi) is 3.16. The quantitative estimate of drug-likeness (QED) is 0.777. The smallest absolute Gasteiger partial charge is 0.181 e. The van der Waals surface area contributed by atoms with Gasteiger partial charge in [0.2, 0.25) is 0 Å². The van der Waals surface area contributed by atoms with Gasteiger partial charge in [0.1, 0.15) is 5.76 Å². The lowest BCUT2D eigenvalue weighted by atomic mass is 9.87. The molecule has 2 rings (SSSR count). The number of aromatic nitrogens is 1. The topological polar surface area (TPSA) is 35.3 Å². The Bertz CT molecular complexity index is 339. The van der Waals surface area contributed by atoms with Gasteiger partial charge in [0.15, 0.2) is 6.39 Å². The zero-order chi connectivity index (χ0) is 11.0. The second-order valence-corrected chi connectivity index (χ2v) is 4.79. The summed E-state index contributed by atoms with van der Waals surface area (Å²) in [4.78, 5) is 4.20. The fourth-order valence-electron chi connectivity index (χ4n) is 2.37. The van der Waals surface area contributed by atoms with Crippen LogP contribution >= 0.6 is 15.9 Å². The highest BCUT2D eigenvalue weighted by atomic mass is 79.9. The predicted octanol–water partition coefficient (Wildman–Crippen LogP) is 3.10. The van der Waals surface area contributed by atoms with Crippen molar-refractivity contribution < 1.29 is 9.15 Å². The van der Waals surface area contributed by atoms with Crippen LogP contribution in [0.25, 0.3) is 0 Å². The number of ether oxygens (including phenoxy) is 1. The molecule has 0 amide bonds. The molecule has 4 atom stereocenters. The average molecular weight is 274 g/mol. The summed E-state index contributed by atoms with van der Waals surface area (Å²) >= 11 is 3.43. The van der Waals surface area contributed by atoms with Gasteiger partial charge >= 0.3 is 0 Å². The van der Waals surface area contributed by atoms with Crippen molar-refractivity contribution in [2.24, 2.45) is 5.92 Å². The molecular formula is C11H16BrNO2. The van der Waals surface area contributed by atoms with Crippen molar-refractivity contribution in [1.29, 1.82) is 0 Å². The van der Waals surface area contributed by atoms with Crippen LogP contribution in [-0.2, 0) is 10.1 Å². The lowest BCUT2D eigenvalue weighted by Gasteiger charge is -2.16. The van der Waals surface area contributed by atoms with E-state index in [0.717, 1.165) is 16.8 Å². The average Bonchev–Trinajstić information content (AvgIpc) is 2.73. The molecule has 1 aliphatic heterocycles. The van der Waals surface area contributed by atoms with Gasteiger partial charge in [-0.15, -0.1) is 0 Å². The van der Waals surface area contributed by atoms with Gasteiger partial charge in [0.05, 0.1) is 23.8 Å². The van der Waals surface area contributed by atoms with Crippen LogP contribution in [0.3, 0.4) is 0 Å². The van der Waals surface area contributed by atoms with E-state index in [1.54, 1.807) is 0 Å². The summed E-state index contributed by atoms with van der Waals surface area (Å²) in [5.41, 5.74) is 0.997. The van der Waals surface area contributed by atoms with Gasteiger partial charge < -0.3 is 9.15 Å². The maximum atomic E-state index is 5.81. The summed E-state index contributed by atoms with van der Waals surface area (Å²) in [7, 11) is 0. The number of halogens is 1. The minimum absolute atomic E-state index is 0.209. The van der Waals surface area contributed by atoms with Crippen LogP contribution in [0.15, 0.2) is 10.8 Å². The maximum Gasteiger partial charge on any atom is 0.181 e. The highest BCUT2D eigenvalue weighted by molar-refractivity contribution is 9.08. The number of oxazole rings is 1. The second kappa shape index (κ2) is 4.26. The molecule has 15 heavy (non-hydrogen) atoms. The number of rotatable bonds is 2. The van der Waals surface area contributed by atoms with Crippen molar-refractivity contribution in [1.82, 2.24) is 4.98 Å². The summed E-state index contributed by atoms with van der Waals surface area (Å²) < 4.78 is 11.3. The monoisotopic (exact) mass is 273 g/mol. The van der Waals surface area contributed by atoms with Crippen molar-refractivity contribution in [3.8, 4) is 0 Å². The van der Waals surface area contributed by atoms with E-state index in [4.69, 9.17) is 9.15 Å². The molecule has 3 nitrogen and oxygen atoms in total. The Morgan fingerprint density at radius 2 is 2.07 bits per heavy atom. The molecule has 0 radical (unpaired) electrons. The SMILES string of the molecule is CC1OC(C)C(c2ocnc2CBr)C1C. The van der Waals surface area contributed by atoms with Gasteiger partial charge in [-0.1, -0.05) is 22.9 Å². The van der Waals surface area contributed by atoms with Crippen molar-refractivity contribution in [2.45, 2.75) is 44.2 Å². The summed E-state index contributed by atoms with van der Waals surface area (Å²) in [6.07, 6.45) is 2.02. The lowest BCUT2D eigenvalue weighted by molar-refractivity contribution is 0.0547. The van der Waals surface area contributed by atoms with E-state index < -0.39 is 0 Å². The van der Waals surface area contributed by atoms with Crippen LogP contribution < -0.4 is 0 Å². The lowest BCUT2D eigenvalue weighted by Crippen LogP contribution is -2.15. The zero-order valence-electron chi connectivity index (χ0n) is 9.24. The molecular weight excluding hydrogens is 258 g/mol. The molecule has 0 aromatic carbocycles. The summed E-state index contributed by atoms with van der Waals surface area (Å²) in [5, 5.41) is 0.739. The molecule has 0 spiro atoms. The van der Waals surface area contributed by atoms with Crippen molar-refractivity contribution in [3.05, 3.63) is 17.8 Å². The third-order valence-electron chi connectivity index (χ3n) is 3.34. The van der Waals surface area contributed by atoms with E-state index in [9.17, 15) is 0 Å². The highest BCUT2D eigenvalue weighted by Gasteiger charge is 2.40. The van der Waals surface area contributed by atoms with Crippen LogP contribution in [0.5, 0.6) is 0 Å². The maximum absolute atomic E-state index is 5.81. The van der Waals surface area contributed by atoms with Gasteiger partial charge in [0, 0.05) is 5.33 Å². The molecule has 1 saturated heterocycles. The molecule has 0 aliphatic carbocycles. The van der Waals surface area contributed by atoms with Crippen molar-refractivity contribution in [3.63, 3.8) is 0 Å². The number of nitrogens with zero attached hydrogens (tertiary/aromatic N) is 1. The van der Waals surface area contributed by atoms with Crippen LogP contribution in [0.2, 0.25) is 0 Å². The minimum atomic E-state index is 0.209. The Hall–Kier alpha value is -0.350. The summed E-state index contributed by atoms with van der Waals surface area (Å²) in [6.45, 7) is 6.43. The number of hydrogen-bond donors (Lipinski definition) is 0. The molecule has 1 aromatic heterocycles. The molecule has 2 heterocycles.